The lowest BCUT2D eigenvalue weighted by atomic mass is 10.2. The minimum Gasteiger partial charge on any atom is -0.366 e. The molecule has 0 aliphatic carbocycles. The van der Waals surface area contributed by atoms with Crippen molar-refractivity contribution in [3.63, 3.8) is 0 Å². The maximum Gasteiger partial charge on any atom is 0.267 e. The molecule has 0 saturated heterocycles. The molecule has 0 radical (unpaired) electrons. The average Bonchev–Trinajstić information content (AvgIpc) is 2.67. The molecular weight excluding hydrogens is 328 g/mol. The Kier molecular flexibility index (Phi) is 5.63. The molecule has 1 aromatic carbocycles. The fraction of sp³-hybridized carbons (Fsp3) is 0.250. The van der Waals surface area contributed by atoms with Gasteiger partial charge in [-0.25, -0.2) is 4.98 Å². The largest absolute Gasteiger partial charge is 0.366 e. The molecule has 6 heteroatoms. The zero-order valence-corrected chi connectivity index (χ0v) is 14.7. The number of anilines is 1. The van der Waals surface area contributed by atoms with Gasteiger partial charge in [-0.2, -0.15) is 0 Å². The molecule has 2 heterocycles. The van der Waals surface area contributed by atoms with E-state index in [0.29, 0.717) is 29.9 Å². The summed E-state index contributed by atoms with van der Waals surface area (Å²) in [4.78, 5) is 31.9. The first-order valence-electron chi connectivity index (χ1n) is 8.77. The predicted octanol–water partition coefficient (Wildman–Crippen LogP) is 3.07. The summed E-state index contributed by atoms with van der Waals surface area (Å²) in [7, 11) is 0. The van der Waals surface area contributed by atoms with Crippen molar-refractivity contribution in [1.29, 1.82) is 0 Å². The van der Waals surface area contributed by atoms with Crippen LogP contribution in [-0.4, -0.2) is 22.4 Å². The van der Waals surface area contributed by atoms with E-state index in [9.17, 15) is 9.59 Å². The first kappa shape index (κ1) is 17.7. The number of H-pyrrole nitrogens is 1. The zero-order chi connectivity index (χ0) is 18.4. The van der Waals surface area contributed by atoms with Crippen LogP contribution < -0.4 is 16.1 Å². The van der Waals surface area contributed by atoms with Crippen molar-refractivity contribution >= 4 is 22.8 Å². The van der Waals surface area contributed by atoms with Gasteiger partial charge in [0.1, 0.15) is 17.0 Å². The maximum atomic E-state index is 12.4. The minimum absolute atomic E-state index is 0.255. The molecule has 0 aliphatic heterocycles. The first-order valence-corrected chi connectivity index (χ1v) is 8.77. The van der Waals surface area contributed by atoms with Gasteiger partial charge in [0, 0.05) is 19.2 Å². The molecule has 26 heavy (non-hydrogen) atoms. The summed E-state index contributed by atoms with van der Waals surface area (Å²) in [5.74, 6) is 0.343. The zero-order valence-electron chi connectivity index (χ0n) is 14.7. The molecule has 0 bridgehead atoms. The molecular formula is C20H22N4O2. The Bertz CT molecular complexity index is 951. The normalized spacial score (nSPS) is 10.7. The highest BCUT2D eigenvalue weighted by molar-refractivity contribution is 5.94. The number of benzene rings is 1. The number of fused-ring (bicyclic) bond motifs is 1. The molecule has 0 saturated carbocycles. The van der Waals surface area contributed by atoms with Crippen LogP contribution in [0.4, 0.5) is 5.82 Å². The summed E-state index contributed by atoms with van der Waals surface area (Å²) < 4.78 is 0. The molecule has 0 atom stereocenters. The van der Waals surface area contributed by atoms with Gasteiger partial charge in [0.05, 0.1) is 5.52 Å². The molecule has 2 aromatic heterocycles. The Labute approximate surface area is 151 Å². The summed E-state index contributed by atoms with van der Waals surface area (Å²) in [6.45, 7) is 3.27. The summed E-state index contributed by atoms with van der Waals surface area (Å²) >= 11 is 0. The monoisotopic (exact) mass is 350 g/mol. The van der Waals surface area contributed by atoms with Gasteiger partial charge < -0.3 is 15.6 Å². The lowest BCUT2D eigenvalue weighted by molar-refractivity contribution is 0.0948. The second kappa shape index (κ2) is 8.29. The van der Waals surface area contributed by atoms with E-state index in [1.54, 1.807) is 12.1 Å². The number of hydrogen-bond acceptors (Lipinski definition) is 4. The Hall–Kier alpha value is -3.15. The second-order valence-corrected chi connectivity index (χ2v) is 6.09. The molecule has 0 spiro atoms. The molecule has 1 amide bonds. The Morgan fingerprint density at radius 2 is 1.96 bits per heavy atom. The van der Waals surface area contributed by atoms with Gasteiger partial charge in [0.25, 0.3) is 5.91 Å². The van der Waals surface area contributed by atoms with Crippen LogP contribution in [-0.2, 0) is 6.54 Å². The van der Waals surface area contributed by atoms with Crippen LogP contribution in [0.3, 0.4) is 0 Å². The Morgan fingerprint density at radius 1 is 1.15 bits per heavy atom. The summed E-state index contributed by atoms with van der Waals surface area (Å²) in [5.41, 5.74) is 1.96. The SMILES string of the molecule is CCCCNC(=O)c1cc(=O)c2nc(NCc3ccccc3)ccc2[nH]1. The summed E-state index contributed by atoms with van der Waals surface area (Å²) in [5, 5.41) is 6.01. The van der Waals surface area contributed by atoms with Gasteiger partial charge in [-0.1, -0.05) is 43.7 Å². The van der Waals surface area contributed by atoms with E-state index in [0.717, 1.165) is 18.4 Å². The number of aromatic nitrogens is 2. The van der Waals surface area contributed by atoms with E-state index in [2.05, 4.69) is 27.5 Å². The van der Waals surface area contributed by atoms with Crippen LogP contribution >= 0.6 is 0 Å². The van der Waals surface area contributed by atoms with Crippen LogP contribution in [0.2, 0.25) is 0 Å². The molecule has 134 valence electrons. The predicted molar refractivity (Wildman–Crippen MR) is 103 cm³/mol. The third-order valence-electron chi connectivity index (χ3n) is 4.05. The summed E-state index contributed by atoms with van der Waals surface area (Å²) in [6.07, 6.45) is 1.90. The molecule has 3 rings (SSSR count). The van der Waals surface area contributed by atoms with Gasteiger partial charge in [0.2, 0.25) is 5.43 Å². The number of carbonyl (C=O) groups is 1. The van der Waals surface area contributed by atoms with Gasteiger partial charge >= 0.3 is 0 Å². The highest BCUT2D eigenvalue weighted by atomic mass is 16.2. The molecule has 6 nitrogen and oxygen atoms in total. The lowest BCUT2D eigenvalue weighted by Gasteiger charge is -2.08. The second-order valence-electron chi connectivity index (χ2n) is 6.09. The standard InChI is InChI=1S/C20H22N4O2/c1-2-3-11-21-20(26)16-12-17(25)19-15(23-16)9-10-18(24-19)22-13-14-7-5-4-6-8-14/h4-10,12H,2-3,11,13H2,1H3,(H,21,26)(H,22,24)(H,23,25). The van der Waals surface area contributed by atoms with E-state index < -0.39 is 0 Å². The van der Waals surface area contributed by atoms with Gasteiger partial charge in [-0.15, -0.1) is 0 Å². The number of nitrogens with one attached hydrogen (secondary N) is 3. The van der Waals surface area contributed by atoms with Crippen LogP contribution in [0.5, 0.6) is 0 Å². The van der Waals surface area contributed by atoms with Gasteiger partial charge in [-0.3, -0.25) is 9.59 Å². The van der Waals surface area contributed by atoms with Crippen LogP contribution in [0, 0.1) is 0 Å². The maximum absolute atomic E-state index is 12.4. The molecule has 0 fully saturated rings. The first-order chi connectivity index (χ1) is 12.7. The molecule has 3 aromatic rings. The highest BCUT2D eigenvalue weighted by Gasteiger charge is 2.10. The third-order valence-corrected chi connectivity index (χ3v) is 4.05. The fourth-order valence-electron chi connectivity index (χ4n) is 2.61. The molecule has 0 unspecified atom stereocenters. The Balaban J connectivity index is 1.77. The topological polar surface area (TPSA) is 86.9 Å². The van der Waals surface area contributed by atoms with E-state index in [1.807, 2.05) is 30.3 Å². The Morgan fingerprint density at radius 3 is 2.73 bits per heavy atom. The van der Waals surface area contributed by atoms with Crippen molar-refractivity contribution in [2.45, 2.75) is 26.3 Å². The third kappa shape index (κ3) is 4.27. The number of unbranched alkanes of at least 4 members (excludes halogenated alkanes) is 1. The number of nitrogens with zero attached hydrogens (tertiary/aromatic N) is 1. The number of hydrogen-bond donors (Lipinski definition) is 3. The quantitative estimate of drug-likeness (QED) is 0.572. The van der Waals surface area contributed by atoms with Crippen molar-refractivity contribution in [3.05, 3.63) is 70.0 Å². The molecule has 0 aliphatic rings. The number of carbonyl (C=O) groups excluding carboxylic acids is 1. The summed E-state index contributed by atoms with van der Waals surface area (Å²) in [6, 6.07) is 14.8. The van der Waals surface area contributed by atoms with Crippen LogP contribution in [0.25, 0.3) is 11.0 Å². The van der Waals surface area contributed by atoms with E-state index in [1.165, 1.54) is 6.07 Å². The van der Waals surface area contributed by atoms with Gasteiger partial charge in [-0.05, 0) is 24.1 Å². The van der Waals surface area contributed by atoms with Crippen LogP contribution in [0.15, 0.2) is 53.3 Å². The lowest BCUT2D eigenvalue weighted by Crippen LogP contribution is -2.26. The van der Waals surface area contributed by atoms with Gasteiger partial charge in [0.15, 0.2) is 0 Å². The number of pyridine rings is 2. The number of rotatable bonds is 7. The average molecular weight is 350 g/mol. The van der Waals surface area contributed by atoms with Crippen molar-refractivity contribution in [1.82, 2.24) is 15.3 Å². The molecule has 3 N–H and O–H groups in total. The van der Waals surface area contributed by atoms with Crippen LogP contribution in [0.1, 0.15) is 35.8 Å². The highest BCUT2D eigenvalue weighted by Crippen LogP contribution is 2.12. The van der Waals surface area contributed by atoms with E-state index >= 15 is 0 Å². The van der Waals surface area contributed by atoms with Crippen molar-refractivity contribution in [2.24, 2.45) is 0 Å². The van der Waals surface area contributed by atoms with E-state index in [-0.39, 0.29) is 17.0 Å². The number of aromatic amines is 1. The fourth-order valence-corrected chi connectivity index (χ4v) is 2.61. The van der Waals surface area contributed by atoms with Crippen molar-refractivity contribution < 1.29 is 4.79 Å². The van der Waals surface area contributed by atoms with Crippen molar-refractivity contribution in [2.75, 3.05) is 11.9 Å². The smallest absolute Gasteiger partial charge is 0.267 e. The number of amides is 1. The minimum atomic E-state index is -0.275. The van der Waals surface area contributed by atoms with E-state index in [4.69, 9.17) is 0 Å². The van der Waals surface area contributed by atoms with Crippen molar-refractivity contribution in [3.8, 4) is 0 Å².